The van der Waals surface area contributed by atoms with Crippen LogP contribution in [0.3, 0.4) is 0 Å². The highest BCUT2D eigenvalue weighted by Crippen LogP contribution is 2.35. The number of hydrogen-bond acceptors (Lipinski definition) is 12. The Morgan fingerprint density at radius 1 is 0.341 bits per heavy atom. The van der Waals surface area contributed by atoms with Crippen molar-refractivity contribution in [2.75, 3.05) is 35.6 Å². The lowest BCUT2D eigenvalue weighted by molar-refractivity contribution is -0.118. The molecule has 0 spiro atoms. The van der Waals surface area contributed by atoms with Gasteiger partial charge in [0.15, 0.2) is 0 Å². The molecule has 0 unspecified atom stereocenters. The number of hydrogen-bond donors (Lipinski definition) is 12. The van der Waals surface area contributed by atoms with Gasteiger partial charge in [0.2, 0.25) is 17.7 Å². The van der Waals surface area contributed by atoms with E-state index in [0.717, 1.165) is 16.7 Å². The van der Waals surface area contributed by atoms with Crippen molar-refractivity contribution in [1.29, 1.82) is 0 Å². The van der Waals surface area contributed by atoms with Gasteiger partial charge in [0.05, 0.1) is 0 Å². The lowest BCUT2D eigenvalue weighted by Gasteiger charge is -2.22. The number of nitrogens with one attached hydrogen (secondary N) is 6. The number of phenols is 3. The maximum atomic E-state index is 14.1. The zero-order valence-electron chi connectivity index (χ0n) is 48.6. The molecule has 3 atom stereocenters. The van der Waals surface area contributed by atoms with Crippen molar-refractivity contribution in [1.82, 2.24) is 16.0 Å². The zero-order chi connectivity index (χ0) is 62.1. The van der Waals surface area contributed by atoms with Crippen molar-refractivity contribution in [2.24, 2.45) is 17.2 Å². The first-order chi connectivity index (χ1) is 42.7. The molecule has 0 aliphatic heterocycles. The summed E-state index contributed by atoms with van der Waals surface area (Å²) in [6.45, 7) is 1.25. The molecule has 9 aromatic carbocycles. The molecule has 15 N–H and O–H groups in total. The van der Waals surface area contributed by atoms with Crippen LogP contribution in [0.5, 0.6) is 17.2 Å². The average molecular weight is 1180 g/mol. The van der Waals surface area contributed by atoms with E-state index in [1.165, 1.54) is 18.2 Å². The van der Waals surface area contributed by atoms with Gasteiger partial charge in [-0.3, -0.25) is 28.8 Å². The second kappa shape index (κ2) is 29.8. The summed E-state index contributed by atoms with van der Waals surface area (Å²) in [4.78, 5) is 83.8. The third kappa shape index (κ3) is 15.8. The van der Waals surface area contributed by atoms with E-state index in [2.05, 4.69) is 31.9 Å². The lowest BCUT2D eigenvalue weighted by atomic mass is 9.85. The second-order valence-electron chi connectivity index (χ2n) is 21.8. The molecule has 0 heterocycles. The molecule has 0 fully saturated rings. The highest BCUT2D eigenvalue weighted by molar-refractivity contribution is 6.11. The minimum Gasteiger partial charge on any atom is -0.508 e. The van der Waals surface area contributed by atoms with Gasteiger partial charge in [-0.2, -0.15) is 0 Å². The summed E-state index contributed by atoms with van der Waals surface area (Å²) in [5, 5.41) is 51.9. The Balaban J connectivity index is 0.963. The van der Waals surface area contributed by atoms with Crippen LogP contribution in [0.2, 0.25) is 0 Å². The molecular formula is C70H73N9O9. The molecule has 0 saturated carbocycles. The van der Waals surface area contributed by atoms with Gasteiger partial charge in [-0.1, -0.05) is 72.8 Å². The van der Waals surface area contributed by atoms with Crippen molar-refractivity contribution in [2.45, 2.75) is 81.8 Å². The standard InChI is InChI=1S/C70H73N9O9/c71-37-4-1-16-61(77-65(83)58-13-7-10-46-40-52(80)31-34-55(46)58)68(86)74-49-25-19-43(20-26-49)64(44-21-27-50(28-22-44)75-69(87)62(17-2-5-38-72)78-66(84)59-14-8-11-47-41-53(81)32-35-56(47)59)45-23-29-51(30-24-45)76-70(88)63(18-3-6-39-73)79-67(85)60-15-9-12-48-42-54(82)33-36-57(48)60/h7-15,19-36,40-42,61-64,80-82H,1-6,16-18,37-39,71-73H2,(H,74,86)(H,75,87)(H,76,88)(H,77,83)(H,78,84)(H,79,85)/t61-,62-,63-/m0/s1. The van der Waals surface area contributed by atoms with E-state index in [4.69, 9.17) is 17.2 Å². The van der Waals surface area contributed by atoms with Gasteiger partial charge in [0.25, 0.3) is 17.7 Å². The highest BCUT2D eigenvalue weighted by atomic mass is 16.3. The Morgan fingerprint density at radius 2 is 0.614 bits per heavy atom. The van der Waals surface area contributed by atoms with Crippen LogP contribution in [-0.4, -0.2) is 88.5 Å². The molecule has 0 aromatic heterocycles. The third-order valence-electron chi connectivity index (χ3n) is 15.6. The van der Waals surface area contributed by atoms with E-state index in [1.807, 2.05) is 36.4 Å². The van der Waals surface area contributed by atoms with Crippen LogP contribution in [0, 0.1) is 0 Å². The number of nitrogens with two attached hydrogens (primary N) is 3. The van der Waals surface area contributed by atoms with Crippen molar-refractivity contribution < 1.29 is 44.1 Å². The number of benzene rings is 9. The first-order valence-corrected chi connectivity index (χ1v) is 29.6. The largest absolute Gasteiger partial charge is 0.508 e. The van der Waals surface area contributed by atoms with Crippen molar-refractivity contribution in [3.05, 3.63) is 215 Å². The summed E-state index contributed by atoms with van der Waals surface area (Å²) in [7, 11) is 0. The number of fused-ring (bicyclic) bond motifs is 3. The number of amides is 6. The summed E-state index contributed by atoms with van der Waals surface area (Å²) in [5.41, 5.74) is 22.4. The molecule has 0 aliphatic rings. The summed E-state index contributed by atoms with van der Waals surface area (Å²) in [6, 6.07) is 49.1. The molecule has 18 nitrogen and oxygen atoms in total. The summed E-state index contributed by atoms with van der Waals surface area (Å²) < 4.78 is 0. The fraction of sp³-hybridized carbons (Fsp3) is 0.229. The first kappa shape index (κ1) is 62.4. The number of phenolic OH excluding ortho intramolecular Hbond substituents is 3. The Bertz CT molecular complexity index is 3550. The molecule has 0 bridgehead atoms. The summed E-state index contributed by atoms with van der Waals surface area (Å²) >= 11 is 0. The number of carbonyl (C=O) groups excluding carboxylic acids is 6. The molecule has 452 valence electrons. The number of unbranched alkanes of at least 4 members (excludes halogenated alkanes) is 3. The Labute approximate surface area is 509 Å². The van der Waals surface area contributed by atoms with Gasteiger partial charge in [-0.05, 0) is 236 Å². The van der Waals surface area contributed by atoms with E-state index in [1.54, 1.807) is 127 Å². The normalized spacial score (nSPS) is 12.3. The van der Waals surface area contributed by atoms with Gasteiger partial charge in [0, 0.05) is 39.7 Å². The number of aromatic hydroxyl groups is 3. The fourth-order valence-electron chi connectivity index (χ4n) is 10.9. The van der Waals surface area contributed by atoms with Gasteiger partial charge in [0.1, 0.15) is 35.4 Å². The lowest BCUT2D eigenvalue weighted by Crippen LogP contribution is -2.44. The fourth-order valence-corrected chi connectivity index (χ4v) is 10.9. The average Bonchev–Trinajstić information content (AvgIpc) is 1.93. The molecule has 6 amide bonds. The van der Waals surface area contributed by atoms with Gasteiger partial charge in [-0.25, -0.2) is 0 Å². The topological polar surface area (TPSA) is 313 Å². The molecule has 9 rings (SSSR count). The quantitative estimate of drug-likeness (QED) is 0.0169. The van der Waals surface area contributed by atoms with Crippen LogP contribution in [0.15, 0.2) is 182 Å². The monoisotopic (exact) mass is 1180 g/mol. The van der Waals surface area contributed by atoms with Crippen LogP contribution in [-0.2, 0) is 14.4 Å². The summed E-state index contributed by atoms with van der Waals surface area (Å²) in [6.07, 6.45) is 4.68. The van der Waals surface area contributed by atoms with Crippen LogP contribution in [0.1, 0.15) is 111 Å². The molecular weight excluding hydrogens is 1110 g/mol. The van der Waals surface area contributed by atoms with Gasteiger partial charge >= 0.3 is 0 Å². The molecule has 0 radical (unpaired) electrons. The smallest absolute Gasteiger partial charge is 0.252 e. The van der Waals surface area contributed by atoms with Crippen LogP contribution < -0.4 is 49.1 Å². The minimum absolute atomic E-state index is 0.0663. The summed E-state index contributed by atoms with van der Waals surface area (Å²) in [5.74, 6) is -2.84. The van der Waals surface area contributed by atoms with E-state index in [9.17, 15) is 44.1 Å². The third-order valence-corrected chi connectivity index (χ3v) is 15.6. The Hall–Kier alpha value is -10.1. The van der Waals surface area contributed by atoms with Crippen molar-refractivity contribution in [3.8, 4) is 17.2 Å². The SMILES string of the molecule is NCCCC[C@H](NC(=O)c1cccc2cc(O)ccc12)C(=O)Nc1ccc(C(c2ccc(NC(=O)[C@H](CCCCN)NC(=O)c3cccc4cc(O)ccc34)cc2)c2ccc(NC(=O)[C@H](CCCCN)NC(=O)c3cccc4cc(O)ccc34)cc2)cc1. The highest BCUT2D eigenvalue weighted by Gasteiger charge is 2.27. The molecule has 0 saturated heterocycles. The minimum atomic E-state index is -0.910. The predicted molar refractivity (Wildman–Crippen MR) is 345 cm³/mol. The van der Waals surface area contributed by atoms with Gasteiger partial charge < -0.3 is 64.4 Å². The van der Waals surface area contributed by atoms with Crippen LogP contribution >= 0.6 is 0 Å². The number of carbonyl (C=O) groups is 6. The molecule has 88 heavy (non-hydrogen) atoms. The Morgan fingerprint density at radius 3 is 0.875 bits per heavy atom. The van der Waals surface area contributed by atoms with Gasteiger partial charge in [-0.15, -0.1) is 0 Å². The zero-order valence-corrected chi connectivity index (χ0v) is 48.6. The molecule has 18 heteroatoms. The first-order valence-electron chi connectivity index (χ1n) is 29.6. The maximum Gasteiger partial charge on any atom is 0.252 e. The van der Waals surface area contributed by atoms with Crippen molar-refractivity contribution in [3.63, 3.8) is 0 Å². The van der Waals surface area contributed by atoms with Crippen LogP contribution in [0.25, 0.3) is 32.3 Å². The number of rotatable bonds is 27. The predicted octanol–water partition coefficient (Wildman–Crippen LogP) is 10.0. The Kier molecular flexibility index (Phi) is 21.1. The maximum absolute atomic E-state index is 14.1. The molecule has 0 aliphatic carbocycles. The van der Waals surface area contributed by atoms with E-state index < -0.39 is 59.5 Å². The van der Waals surface area contributed by atoms with E-state index in [-0.39, 0.29) is 17.2 Å². The second-order valence-corrected chi connectivity index (χ2v) is 21.8. The van der Waals surface area contributed by atoms with Crippen molar-refractivity contribution >= 4 is 84.8 Å². The van der Waals surface area contributed by atoms with E-state index in [0.29, 0.717) is 143 Å². The van der Waals surface area contributed by atoms with E-state index >= 15 is 0 Å². The molecule has 9 aromatic rings. The number of anilines is 3. The van der Waals surface area contributed by atoms with Crippen LogP contribution in [0.4, 0.5) is 17.1 Å².